The molecule has 0 aliphatic carbocycles. The van der Waals surface area contributed by atoms with E-state index in [4.69, 9.17) is 5.73 Å². The molecule has 0 aliphatic heterocycles. The monoisotopic (exact) mass is 167 g/mol. The molecule has 2 N–H and O–H groups in total. The smallest absolute Gasteiger partial charge is 1.00 e. The Kier molecular flexibility index (Phi) is 6.13. The minimum atomic E-state index is -1.13. The van der Waals surface area contributed by atoms with Crippen LogP contribution in [0.15, 0.2) is 0 Å². The van der Waals surface area contributed by atoms with Crippen molar-refractivity contribution < 1.29 is 20.3 Å². The van der Waals surface area contributed by atoms with Crippen molar-refractivity contribution in [2.24, 2.45) is 5.73 Å². The van der Waals surface area contributed by atoms with E-state index in [1.807, 2.05) is 0 Å². The van der Waals surface area contributed by atoms with Crippen LogP contribution in [-0.2, 0) is 0 Å². The minimum Gasteiger partial charge on any atom is -1.00 e. The van der Waals surface area contributed by atoms with Gasteiger partial charge in [-0.25, -0.2) is 0 Å². The third-order valence-electron chi connectivity index (χ3n) is 2.48. The van der Waals surface area contributed by atoms with E-state index in [0.717, 1.165) is 0 Å². The molecule has 1 atom stereocenters. The number of hydrogen-bond donors (Lipinski definition) is 1. The van der Waals surface area contributed by atoms with Crippen molar-refractivity contribution in [1.29, 1.82) is 0 Å². The van der Waals surface area contributed by atoms with Crippen molar-refractivity contribution in [2.75, 3.05) is 0 Å². The Morgan fingerprint density at radius 3 is 1.82 bits per heavy atom. The van der Waals surface area contributed by atoms with Crippen LogP contribution in [-0.4, -0.2) is 13.2 Å². The molecule has 1 nitrogen and oxygen atoms in total. The summed E-state index contributed by atoms with van der Waals surface area (Å²) >= 11 is 0. The van der Waals surface area contributed by atoms with Gasteiger partial charge in [0.1, 0.15) is 0 Å². The predicted octanol–water partition coefficient (Wildman–Crippen LogP) is -0.502. The Morgan fingerprint density at radius 1 is 1.36 bits per heavy atom. The molecule has 3 heteroatoms. The van der Waals surface area contributed by atoms with E-state index in [1.165, 1.54) is 12.8 Å². The molecule has 0 radical (unpaired) electrons. The summed E-state index contributed by atoms with van der Waals surface area (Å²) in [5, 5.41) is 0.127. The molecule has 0 aliphatic rings. The zero-order chi connectivity index (χ0) is 8.41. The topological polar surface area (TPSA) is 26.0 Å². The first-order valence-corrected chi connectivity index (χ1v) is 7.60. The largest absolute Gasteiger partial charge is 1.00 e. The molecule has 1 unspecified atom stereocenters. The molecule has 0 rings (SSSR count). The summed E-state index contributed by atoms with van der Waals surface area (Å²) in [7, 11) is -1.13. The molecule has 11 heavy (non-hydrogen) atoms. The van der Waals surface area contributed by atoms with Crippen LogP contribution in [0.4, 0.5) is 0 Å². The molecule has 0 amide bonds. The Labute approximate surface area is 85.8 Å². The van der Waals surface area contributed by atoms with Gasteiger partial charge in [-0.15, -0.1) is 0 Å². The number of rotatable bonds is 3. The molecule has 0 saturated heterocycles. The molecule has 0 aromatic heterocycles. The SMILES string of the molecule is CCCC(C)(N)[Si](C)(C)C.[H-].[Li+]. The van der Waals surface area contributed by atoms with Crippen LogP contribution in [0.2, 0.25) is 19.6 Å². The van der Waals surface area contributed by atoms with E-state index in [2.05, 4.69) is 33.5 Å². The van der Waals surface area contributed by atoms with Gasteiger partial charge in [0, 0.05) is 5.16 Å². The minimum absolute atomic E-state index is 0. The van der Waals surface area contributed by atoms with E-state index >= 15 is 0 Å². The van der Waals surface area contributed by atoms with Crippen LogP contribution in [0, 0.1) is 0 Å². The van der Waals surface area contributed by atoms with Gasteiger partial charge in [0.2, 0.25) is 0 Å². The Morgan fingerprint density at radius 2 is 1.73 bits per heavy atom. The van der Waals surface area contributed by atoms with Crippen molar-refractivity contribution in [3.05, 3.63) is 0 Å². The molecule has 0 saturated carbocycles. The molecular weight excluding hydrogens is 145 g/mol. The normalized spacial score (nSPS) is 16.9. The summed E-state index contributed by atoms with van der Waals surface area (Å²) in [6.45, 7) is 11.4. The molecule has 64 valence electrons. The summed E-state index contributed by atoms with van der Waals surface area (Å²) in [6, 6.07) is 0. The van der Waals surface area contributed by atoms with Crippen LogP contribution < -0.4 is 24.6 Å². The van der Waals surface area contributed by atoms with Crippen molar-refractivity contribution in [2.45, 2.75) is 51.5 Å². The van der Waals surface area contributed by atoms with E-state index in [-0.39, 0.29) is 25.4 Å². The third kappa shape index (κ3) is 4.37. The number of hydrogen-bond acceptors (Lipinski definition) is 1. The van der Waals surface area contributed by atoms with E-state index in [1.54, 1.807) is 0 Å². The summed E-state index contributed by atoms with van der Waals surface area (Å²) in [6.07, 6.45) is 2.37. The molecule has 0 aromatic carbocycles. The van der Waals surface area contributed by atoms with Gasteiger partial charge in [0.15, 0.2) is 0 Å². The fourth-order valence-corrected chi connectivity index (χ4v) is 1.89. The third-order valence-corrected chi connectivity index (χ3v) is 6.16. The van der Waals surface area contributed by atoms with Crippen molar-refractivity contribution >= 4 is 8.07 Å². The first kappa shape index (κ1) is 14.3. The van der Waals surface area contributed by atoms with Gasteiger partial charge in [0.05, 0.1) is 8.07 Å². The van der Waals surface area contributed by atoms with Gasteiger partial charge in [-0.1, -0.05) is 33.0 Å². The molecule has 0 aromatic rings. The van der Waals surface area contributed by atoms with Crippen LogP contribution in [0.5, 0.6) is 0 Å². The van der Waals surface area contributed by atoms with Crippen molar-refractivity contribution in [3.63, 3.8) is 0 Å². The maximum Gasteiger partial charge on any atom is 1.00 e. The fraction of sp³-hybridized carbons (Fsp3) is 1.00. The summed E-state index contributed by atoms with van der Waals surface area (Å²) < 4.78 is 0. The fourth-order valence-electron chi connectivity index (χ4n) is 0.894. The zero-order valence-electron chi connectivity index (χ0n) is 9.99. The Hall–Kier alpha value is 0.774. The average molecular weight is 167 g/mol. The molecule has 0 spiro atoms. The summed E-state index contributed by atoms with van der Waals surface area (Å²) in [4.78, 5) is 0. The van der Waals surface area contributed by atoms with Gasteiger partial charge in [0.25, 0.3) is 0 Å². The van der Waals surface area contributed by atoms with Gasteiger partial charge in [-0.3, -0.25) is 0 Å². The molecule has 0 fully saturated rings. The molecule has 0 bridgehead atoms. The first-order chi connectivity index (χ1) is 4.31. The van der Waals surface area contributed by atoms with Crippen molar-refractivity contribution in [3.8, 4) is 0 Å². The summed E-state index contributed by atoms with van der Waals surface area (Å²) in [5.41, 5.74) is 6.17. The van der Waals surface area contributed by atoms with Crippen LogP contribution in [0.1, 0.15) is 28.1 Å². The van der Waals surface area contributed by atoms with Gasteiger partial charge < -0.3 is 7.16 Å². The van der Waals surface area contributed by atoms with E-state index < -0.39 is 8.07 Å². The number of nitrogens with two attached hydrogens (primary N) is 1. The molecular formula is C8H22LiNSi. The maximum atomic E-state index is 6.17. The first-order valence-electron chi connectivity index (χ1n) is 4.10. The second kappa shape index (κ2) is 4.72. The van der Waals surface area contributed by atoms with Gasteiger partial charge in [-0.2, -0.15) is 0 Å². The second-order valence-corrected chi connectivity index (χ2v) is 10.1. The van der Waals surface area contributed by atoms with Crippen molar-refractivity contribution in [1.82, 2.24) is 0 Å². The Balaban J connectivity index is -0.000000405. The average Bonchev–Trinajstić information content (AvgIpc) is 1.61. The predicted molar refractivity (Wildman–Crippen MR) is 52.0 cm³/mol. The molecule has 0 heterocycles. The van der Waals surface area contributed by atoms with E-state index in [9.17, 15) is 0 Å². The quantitative estimate of drug-likeness (QED) is 0.563. The zero-order valence-corrected chi connectivity index (χ0v) is 9.99. The van der Waals surface area contributed by atoms with Gasteiger partial charge in [-0.05, 0) is 13.3 Å². The van der Waals surface area contributed by atoms with Gasteiger partial charge >= 0.3 is 18.9 Å². The summed E-state index contributed by atoms with van der Waals surface area (Å²) in [5.74, 6) is 0. The van der Waals surface area contributed by atoms with Crippen LogP contribution >= 0.6 is 0 Å². The van der Waals surface area contributed by atoms with E-state index in [0.29, 0.717) is 0 Å². The standard InChI is InChI=1S/C8H21NSi.Li.H/c1-6-7-8(2,9)10(3,4)5;;/h6-7,9H2,1-5H3;;/q;+1;-1. The second-order valence-electron chi connectivity index (χ2n) is 4.42. The maximum absolute atomic E-state index is 6.17. The van der Waals surface area contributed by atoms with Crippen LogP contribution in [0.3, 0.4) is 0 Å². The Bertz CT molecular complexity index is 112. The van der Waals surface area contributed by atoms with Crippen LogP contribution in [0.25, 0.3) is 0 Å².